The fraction of sp³-hybridized carbons (Fsp3) is 0. The van der Waals surface area contributed by atoms with Crippen LogP contribution in [-0.2, 0) is 0 Å². The summed E-state index contributed by atoms with van der Waals surface area (Å²) < 4.78 is 126. The summed E-state index contributed by atoms with van der Waals surface area (Å²) in [5, 5.41) is 28.9. The van der Waals surface area contributed by atoms with Crippen molar-refractivity contribution < 1.29 is 39.5 Å². The number of rotatable bonds is 3. The van der Waals surface area contributed by atoms with E-state index in [4.69, 9.17) is 0 Å². The number of aromatic nitrogens is 6. The first-order chi connectivity index (χ1) is 18.4. The van der Waals surface area contributed by atoms with E-state index in [0.29, 0.717) is 0 Å². The van der Waals surface area contributed by atoms with E-state index in [1.165, 1.54) is 18.2 Å². The Hall–Kier alpha value is -5.70. The highest BCUT2D eigenvalue weighted by atomic mass is 19.2. The molecule has 1 fully saturated rings. The van der Waals surface area contributed by atoms with Crippen LogP contribution in [-0.4, -0.2) is 29.9 Å². The summed E-state index contributed by atoms with van der Waals surface area (Å²) in [6.07, 6.45) is -5.73. The van der Waals surface area contributed by atoms with Gasteiger partial charge in [0.25, 0.3) is 17.8 Å². The topological polar surface area (TPSA) is 149 Å². The lowest BCUT2D eigenvalue weighted by Crippen LogP contribution is -2.05. The third kappa shape index (κ3) is 4.38. The molecule has 0 atom stereocenters. The molecule has 0 aliphatic heterocycles. The summed E-state index contributed by atoms with van der Waals surface area (Å²) in [6, 6.07) is 3.75. The Balaban J connectivity index is 2.23. The molecule has 0 amide bonds. The third-order valence-corrected chi connectivity index (χ3v) is 4.83. The average molecular weight is 549 g/mol. The Morgan fingerprint density at radius 2 is 0.641 bits per heavy atom. The zero-order valence-corrected chi connectivity index (χ0v) is 17.9. The van der Waals surface area contributed by atoms with E-state index in [1.807, 2.05) is 0 Å². The highest BCUT2D eigenvalue weighted by molar-refractivity contribution is 6.11. The molecular formula is C21F9N9. The van der Waals surface area contributed by atoms with Crippen LogP contribution in [0.1, 0.15) is 17.1 Å². The molecule has 1 aliphatic rings. The molecule has 9 nitrogen and oxygen atoms in total. The van der Waals surface area contributed by atoms with E-state index in [9.17, 15) is 55.3 Å². The van der Waals surface area contributed by atoms with Crippen LogP contribution in [0.2, 0.25) is 0 Å². The average Bonchev–Trinajstić information content (AvgIpc) is 3.58. The van der Waals surface area contributed by atoms with Crippen LogP contribution in [0.3, 0.4) is 0 Å². The van der Waals surface area contributed by atoms with Gasteiger partial charge in [0.15, 0.2) is 0 Å². The van der Waals surface area contributed by atoms with Crippen LogP contribution in [0.4, 0.5) is 39.5 Å². The third-order valence-electron chi connectivity index (χ3n) is 4.83. The number of halogens is 9. The van der Waals surface area contributed by atoms with Gasteiger partial charge in [-0.05, 0) is 0 Å². The molecule has 1 saturated carbocycles. The maximum atomic E-state index is 14.4. The van der Waals surface area contributed by atoms with Crippen LogP contribution in [0, 0.1) is 87.5 Å². The molecule has 18 heteroatoms. The molecule has 0 radical (unpaired) electrons. The Morgan fingerprint density at radius 3 is 0.846 bits per heavy atom. The molecule has 0 spiro atoms. The van der Waals surface area contributed by atoms with Gasteiger partial charge in [0.05, 0.1) is 16.7 Å². The van der Waals surface area contributed by atoms with Gasteiger partial charge in [0.2, 0.25) is 17.5 Å². The van der Waals surface area contributed by atoms with E-state index in [1.54, 1.807) is 0 Å². The molecule has 0 N–H and O–H groups in total. The first kappa shape index (κ1) is 26.4. The molecular weight excluding hydrogens is 549 g/mol. The fourth-order valence-corrected chi connectivity index (χ4v) is 3.30. The Labute approximate surface area is 208 Å². The van der Waals surface area contributed by atoms with Gasteiger partial charge in [0.1, 0.15) is 35.3 Å². The number of hydrogen-bond acceptors (Lipinski definition) is 9. The molecule has 3 aromatic heterocycles. The molecule has 1 aliphatic carbocycles. The van der Waals surface area contributed by atoms with Gasteiger partial charge in [-0.3, -0.25) is 0 Å². The standard InChI is InChI=1S/C21F9N9/c22-10-13(34-19(28)37-16(10)25)4(1-31)7-8(5(2-32)14-11(23)17(26)38-20(29)35-14)9(7)6(3-33)15-12(24)18(27)39-21(30)36-15. The van der Waals surface area contributed by atoms with Gasteiger partial charge in [-0.25, -0.2) is 0 Å². The molecule has 0 bridgehead atoms. The van der Waals surface area contributed by atoms with Crippen molar-refractivity contribution in [3.63, 3.8) is 0 Å². The van der Waals surface area contributed by atoms with Crippen LogP contribution in [0.15, 0.2) is 16.7 Å². The highest BCUT2D eigenvalue weighted by Crippen LogP contribution is 2.55. The van der Waals surface area contributed by atoms with Crippen molar-refractivity contribution in [2.45, 2.75) is 0 Å². The van der Waals surface area contributed by atoms with Gasteiger partial charge in [0, 0.05) is 16.7 Å². The quantitative estimate of drug-likeness (QED) is 0.207. The number of nitriles is 3. The van der Waals surface area contributed by atoms with E-state index < -0.39 is 104 Å². The van der Waals surface area contributed by atoms with Crippen molar-refractivity contribution >= 4 is 16.7 Å². The first-order valence-corrected chi connectivity index (χ1v) is 9.55. The second-order valence-electron chi connectivity index (χ2n) is 6.92. The highest BCUT2D eigenvalue weighted by Gasteiger charge is 2.44. The van der Waals surface area contributed by atoms with Gasteiger partial charge in [-0.15, -0.1) is 0 Å². The number of nitrogens with zero attached hydrogens (tertiary/aromatic N) is 9. The SMILES string of the molecule is N#CC(=C1C(=C(C#N)c2nc(F)nc(F)c2F)C1=C(C#N)c1nc(F)nc(F)c1F)c1nc(F)nc(F)c1F. The Kier molecular flexibility index (Phi) is 6.52. The minimum atomic E-state index is -2.11. The van der Waals surface area contributed by atoms with E-state index in [2.05, 4.69) is 29.9 Å². The zero-order chi connectivity index (χ0) is 28.8. The second kappa shape index (κ2) is 9.64. The molecule has 0 aromatic carbocycles. The maximum Gasteiger partial charge on any atom is 0.312 e. The van der Waals surface area contributed by atoms with Crippen LogP contribution in [0.5, 0.6) is 0 Å². The zero-order valence-electron chi connectivity index (χ0n) is 17.9. The molecule has 3 aromatic rings. The molecule has 0 unspecified atom stereocenters. The maximum absolute atomic E-state index is 14.4. The number of hydrogen-bond donors (Lipinski definition) is 0. The summed E-state index contributed by atoms with van der Waals surface area (Å²) in [7, 11) is 0. The van der Waals surface area contributed by atoms with Crippen LogP contribution in [0.25, 0.3) is 16.7 Å². The summed E-state index contributed by atoms with van der Waals surface area (Å²) in [5.74, 6) is -12.5. The first-order valence-electron chi connectivity index (χ1n) is 9.55. The molecule has 192 valence electrons. The van der Waals surface area contributed by atoms with Crippen LogP contribution < -0.4 is 0 Å². The van der Waals surface area contributed by atoms with Crippen molar-refractivity contribution in [2.24, 2.45) is 0 Å². The van der Waals surface area contributed by atoms with Crippen LogP contribution >= 0.6 is 0 Å². The molecule has 4 rings (SSSR count). The largest absolute Gasteiger partial charge is 0.312 e. The van der Waals surface area contributed by atoms with E-state index in [-0.39, 0.29) is 0 Å². The minimum absolute atomic E-state index is 0.903. The lowest BCUT2D eigenvalue weighted by molar-refractivity contribution is 0.423. The van der Waals surface area contributed by atoms with Crippen molar-refractivity contribution in [3.8, 4) is 18.2 Å². The van der Waals surface area contributed by atoms with Crippen molar-refractivity contribution in [3.05, 3.63) is 87.3 Å². The molecule has 3 heterocycles. The monoisotopic (exact) mass is 549 g/mol. The van der Waals surface area contributed by atoms with Gasteiger partial charge >= 0.3 is 18.2 Å². The van der Waals surface area contributed by atoms with Gasteiger partial charge in [-0.2, -0.15) is 85.2 Å². The molecule has 39 heavy (non-hydrogen) atoms. The summed E-state index contributed by atoms with van der Waals surface area (Å²) in [6.45, 7) is 0. The smallest absolute Gasteiger partial charge is 0.199 e. The normalized spacial score (nSPS) is 12.0. The Bertz CT molecular complexity index is 1620. The second-order valence-corrected chi connectivity index (χ2v) is 6.92. The minimum Gasteiger partial charge on any atom is -0.199 e. The molecule has 0 saturated heterocycles. The fourth-order valence-electron chi connectivity index (χ4n) is 3.30. The van der Waals surface area contributed by atoms with Crippen molar-refractivity contribution in [1.29, 1.82) is 15.8 Å². The predicted octanol–water partition coefficient (Wildman–Crippen LogP) is 3.55. The predicted molar refractivity (Wildman–Crippen MR) is 103 cm³/mol. The summed E-state index contributed by atoms with van der Waals surface area (Å²) in [5.41, 5.74) is -10.6. The Morgan fingerprint density at radius 1 is 0.410 bits per heavy atom. The summed E-state index contributed by atoms with van der Waals surface area (Å²) >= 11 is 0. The lowest BCUT2D eigenvalue weighted by atomic mass is 10.1. The van der Waals surface area contributed by atoms with Gasteiger partial charge < -0.3 is 0 Å². The van der Waals surface area contributed by atoms with E-state index in [0.717, 1.165) is 0 Å². The lowest BCUT2D eigenvalue weighted by Gasteiger charge is -2.01. The van der Waals surface area contributed by atoms with Crippen molar-refractivity contribution in [1.82, 2.24) is 29.9 Å². The summed E-state index contributed by atoms with van der Waals surface area (Å²) in [4.78, 5) is 16.1. The van der Waals surface area contributed by atoms with E-state index >= 15 is 0 Å². The van der Waals surface area contributed by atoms with Gasteiger partial charge in [-0.1, -0.05) is 0 Å². The van der Waals surface area contributed by atoms with Crippen molar-refractivity contribution in [2.75, 3.05) is 0 Å². The number of allylic oxidation sites excluding steroid dienone is 6.